The van der Waals surface area contributed by atoms with Crippen molar-refractivity contribution in [2.45, 2.75) is 38.1 Å². The molecule has 0 heterocycles. The summed E-state index contributed by atoms with van der Waals surface area (Å²) in [5.74, 6) is -2.56. The molecule has 18 heavy (non-hydrogen) atoms. The molecule has 5 heteroatoms. The molecule has 0 amide bonds. The highest BCUT2D eigenvalue weighted by Gasteiger charge is 2.27. The number of halogens is 4. The van der Waals surface area contributed by atoms with Crippen molar-refractivity contribution >= 4 is 12.4 Å². The van der Waals surface area contributed by atoms with E-state index in [0.717, 1.165) is 32.1 Å². The first-order valence-electron chi connectivity index (χ1n) is 5.99. The molecule has 0 unspecified atom stereocenters. The van der Waals surface area contributed by atoms with Gasteiger partial charge >= 0.3 is 0 Å². The lowest BCUT2D eigenvalue weighted by atomic mass is 9.81. The fraction of sp³-hybridized carbons (Fsp3) is 0.538. The Bertz CT molecular complexity index is 382. The van der Waals surface area contributed by atoms with Crippen LogP contribution < -0.4 is 5.73 Å². The molecule has 0 radical (unpaired) electrons. The molecule has 1 atom stereocenters. The minimum absolute atomic E-state index is 0. The predicted molar refractivity (Wildman–Crippen MR) is 67.1 cm³/mol. The Morgan fingerprint density at radius 3 is 2.00 bits per heavy atom. The molecule has 1 aliphatic carbocycles. The van der Waals surface area contributed by atoms with Crippen LogP contribution in [0.2, 0.25) is 0 Å². The molecule has 1 aromatic rings. The van der Waals surface area contributed by atoms with Gasteiger partial charge < -0.3 is 5.73 Å². The van der Waals surface area contributed by atoms with Crippen LogP contribution in [0.15, 0.2) is 12.1 Å². The van der Waals surface area contributed by atoms with Crippen molar-refractivity contribution in [3.63, 3.8) is 0 Å². The quantitative estimate of drug-likeness (QED) is 0.866. The monoisotopic (exact) mass is 279 g/mol. The van der Waals surface area contributed by atoms with Crippen LogP contribution in [0, 0.1) is 23.4 Å². The summed E-state index contributed by atoms with van der Waals surface area (Å²) in [7, 11) is 0. The number of hydrogen-bond donors (Lipinski definition) is 1. The van der Waals surface area contributed by atoms with Crippen LogP contribution in [0.5, 0.6) is 0 Å². The highest BCUT2D eigenvalue weighted by molar-refractivity contribution is 5.85. The predicted octanol–water partition coefficient (Wildman–Crippen LogP) is 4.11. The van der Waals surface area contributed by atoms with Crippen LogP contribution in [0.25, 0.3) is 0 Å². The fourth-order valence-corrected chi connectivity index (χ4v) is 2.60. The van der Waals surface area contributed by atoms with Crippen molar-refractivity contribution < 1.29 is 13.2 Å². The maximum absolute atomic E-state index is 13.6. The lowest BCUT2D eigenvalue weighted by Crippen LogP contribution is -2.25. The Kier molecular flexibility index (Phi) is 5.47. The van der Waals surface area contributed by atoms with Gasteiger partial charge in [-0.3, -0.25) is 0 Å². The minimum Gasteiger partial charge on any atom is -0.324 e. The molecule has 102 valence electrons. The summed E-state index contributed by atoms with van der Waals surface area (Å²) in [6.07, 6.45) is 5.01. The highest BCUT2D eigenvalue weighted by atomic mass is 35.5. The molecule has 0 aliphatic heterocycles. The first-order chi connectivity index (χ1) is 8.09. The van der Waals surface area contributed by atoms with E-state index < -0.39 is 23.5 Å². The van der Waals surface area contributed by atoms with Crippen LogP contribution in [0.4, 0.5) is 13.2 Å². The maximum atomic E-state index is 13.6. The Labute approximate surface area is 111 Å². The molecule has 0 spiro atoms. The Balaban J connectivity index is 0.00000162. The van der Waals surface area contributed by atoms with Gasteiger partial charge in [-0.1, -0.05) is 19.3 Å². The molecule has 2 N–H and O–H groups in total. The lowest BCUT2D eigenvalue weighted by Gasteiger charge is -2.28. The summed E-state index contributed by atoms with van der Waals surface area (Å²) < 4.78 is 39.9. The lowest BCUT2D eigenvalue weighted by molar-refractivity contribution is 0.297. The molecule has 1 aliphatic rings. The third kappa shape index (κ3) is 3.18. The number of rotatable bonds is 2. The molecule has 1 aromatic carbocycles. The van der Waals surface area contributed by atoms with E-state index in [1.165, 1.54) is 0 Å². The third-order valence-corrected chi connectivity index (χ3v) is 3.53. The summed E-state index contributed by atoms with van der Waals surface area (Å²) in [5.41, 5.74) is 5.75. The van der Waals surface area contributed by atoms with Crippen molar-refractivity contribution in [2.75, 3.05) is 0 Å². The summed E-state index contributed by atoms with van der Waals surface area (Å²) in [4.78, 5) is 0. The first kappa shape index (κ1) is 15.3. The van der Waals surface area contributed by atoms with Crippen molar-refractivity contribution in [3.8, 4) is 0 Å². The number of nitrogens with two attached hydrogens (primary N) is 1. The van der Waals surface area contributed by atoms with Gasteiger partial charge in [0, 0.05) is 23.7 Å². The van der Waals surface area contributed by atoms with Crippen LogP contribution in [0.3, 0.4) is 0 Å². The van der Waals surface area contributed by atoms with E-state index >= 15 is 0 Å². The fourth-order valence-electron chi connectivity index (χ4n) is 2.60. The highest BCUT2D eigenvalue weighted by Crippen LogP contribution is 2.35. The molecule has 0 aromatic heterocycles. The van der Waals surface area contributed by atoms with Gasteiger partial charge in [0.1, 0.15) is 17.5 Å². The van der Waals surface area contributed by atoms with Crippen molar-refractivity contribution in [1.29, 1.82) is 0 Å². The van der Waals surface area contributed by atoms with Gasteiger partial charge in [-0.2, -0.15) is 0 Å². The van der Waals surface area contributed by atoms with E-state index in [4.69, 9.17) is 5.73 Å². The molecular formula is C13H17ClF3N. The van der Waals surface area contributed by atoms with Crippen molar-refractivity contribution in [3.05, 3.63) is 35.1 Å². The zero-order valence-corrected chi connectivity index (χ0v) is 10.8. The second kappa shape index (κ2) is 6.43. The van der Waals surface area contributed by atoms with Crippen LogP contribution in [-0.2, 0) is 0 Å². The summed E-state index contributed by atoms with van der Waals surface area (Å²) in [6.45, 7) is 0. The van der Waals surface area contributed by atoms with E-state index in [1.807, 2.05) is 0 Å². The molecule has 1 fully saturated rings. The van der Waals surface area contributed by atoms with Crippen molar-refractivity contribution in [2.24, 2.45) is 11.7 Å². The molecule has 0 bridgehead atoms. The van der Waals surface area contributed by atoms with E-state index in [2.05, 4.69) is 0 Å². The minimum atomic E-state index is -0.903. The standard InChI is InChI=1S/C13H16F3N.ClH/c14-9-6-10(15)12(11(16)7-9)13(17)8-4-2-1-3-5-8;/h6-8,13H,1-5,17H2;1H/t13-;/m0./s1. The second-order valence-electron chi connectivity index (χ2n) is 4.71. The molecular weight excluding hydrogens is 263 g/mol. The Morgan fingerprint density at radius 2 is 1.50 bits per heavy atom. The van der Waals surface area contributed by atoms with E-state index in [9.17, 15) is 13.2 Å². The van der Waals surface area contributed by atoms with Gasteiger partial charge in [0.15, 0.2) is 0 Å². The summed E-state index contributed by atoms with van der Waals surface area (Å²) >= 11 is 0. The first-order valence-corrected chi connectivity index (χ1v) is 5.99. The van der Waals surface area contributed by atoms with Gasteiger partial charge in [-0.25, -0.2) is 13.2 Å². The van der Waals surface area contributed by atoms with Gasteiger partial charge in [-0.05, 0) is 18.8 Å². The molecule has 0 saturated heterocycles. The normalized spacial score (nSPS) is 18.2. The van der Waals surface area contributed by atoms with Gasteiger partial charge in [-0.15, -0.1) is 12.4 Å². The summed E-state index contributed by atoms with van der Waals surface area (Å²) in [6, 6.07) is 0.721. The number of benzene rings is 1. The zero-order valence-electron chi connectivity index (χ0n) is 9.96. The third-order valence-electron chi connectivity index (χ3n) is 3.53. The average molecular weight is 280 g/mol. The average Bonchev–Trinajstić information content (AvgIpc) is 2.28. The van der Waals surface area contributed by atoms with E-state index in [0.29, 0.717) is 12.1 Å². The van der Waals surface area contributed by atoms with Crippen LogP contribution in [0.1, 0.15) is 43.7 Å². The van der Waals surface area contributed by atoms with Crippen LogP contribution in [-0.4, -0.2) is 0 Å². The van der Waals surface area contributed by atoms with E-state index in [-0.39, 0.29) is 23.9 Å². The van der Waals surface area contributed by atoms with Gasteiger partial charge in [0.25, 0.3) is 0 Å². The smallest absolute Gasteiger partial charge is 0.133 e. The van der Waals surface area contributed by atoms with Gasteiger partial charge in [0.2, 0.25) is 0 Å². The SMILES string of the molecule is Cl.N[C@H](c1c(F)cc(F)cc1F)C1CCCCC1. The van der Waals surface area contributed by atoms with E-state index in [1.54, 1.807) is 0 Å². The summed E-state index contributed by atoms with van der Waals surface area (Å²) in [5, 5.41) is 0. The van der Waals surface area contributed by atoms with Crippen LogP contribution >= 0.6 is 12.4 Å². The van der Waals surface area contributed by atoms with Gasteiger partial charge in [0.05, 0.1) is 0 Å². The Hall–Kier alpha value is -0.740. The topological polar surface area (TPSA) is 26.0 Å². The number of hydrogen-bond acceptors (Lipinski definition) is 1. The maximum Gasteiger partial charge on any atom is 0.133 e. The molecule has 2 rings (SSSR count). The molecule has 1 saturated carbocycles. The zero-order chi connectivity index (χ0) is 12.4. The van der Waals surface area contributed by atoms with Crippen molar-refractivity contribution in [1.82, 2.24) is 0 Å². The largest absolute Gasteiger partial charge is 0.324 e. The Morgan fingerprint density at radius 1 is 1.00 bits per heavy atom. The second-order valence-corrected chi connectivity index (χ2v) is 4.71. The molecule has 1 nitrogen and oxygen atoms in total.